The van der Waals surface area contributed by atoms with Gasteiger partial charge in [0.25, 0.3) is 0 Å². The van der Waals surface area contributed by atoms with Crippen molar-refractivity contribution in [1.82, 2.24) is 15.0 Å². The predicted molar refractivity (Wildman–Crippen MR) is 110 cm³/mol. The van der Waals surface area contributed by atoms with E-state index >= 15 is 0 Å². The Morgan fingerprint density at radius 1 is 1.15 bits per heavy atom. The lowest BCUT2D eigenvalue weighted by Gasteiger charge is -2.26. The van der Waals surface area contributed by atoms with Crippen molar-refractivity contribution >= 4 is 60.7 Å². The number of hydrogen-bond acceptors (Lipinski definition) is 8. The number of halogens is 1. The lowest BCUT2D eigenvalue weighted by Crippen LogP contribution is -2.29. The molecule has 7 nitrogen and oxygen atoms in total. The average molecular weight is 448 g/mol. The topological polar surface area (TPSA) is 100 Å². The maximum Gasteiger partial charge on any atom is 0.225 e. The average Bonchev–Trinajstić information content (AvgIpc) is 3.04. The van der Waals surface area contributed by atoms with E-state index in [-0.39, 0.29) is 12.1 Å². The number of aliphatic hydroxyl groups is 1. The summed E-state index contributed by atoms with van der Waals surface area (Å²) in [6, 6.07) is 7.71. The van der Waals surface area contributed by atoms with Crippen LogP contribution in [0.4, 0.5) is 16.9 Å². The highest BCUT2D eigenvalue weighted by atomic mass is 79.9. The van der Waals surface area contributed by atoms with E-state index in [2.05, 4.69) is 41.5 Å². The number of aromatic nitrogens is 3. The Bertz CT molecular complexity index is 972. The molecule has 1 fully saturated rings. The zero-order valence-corrected chi connectivity index (χ0v) is 16.8. The molecule has 4 rings (SSSR count). The number of benzene rings is 1. The van der Waals surface area contributed by atoms with Crippen molar-refractivity contribution in [2.75, 3.05) is 10.6 Å². The molecule has 0 amide bonds. The Balaban J connectivity index is 1.55. The second kappa shape index (κ2) is 7.87. The number of aldehydes is 1. The predicted octanol–water partition coefficient (Wildman–Crippen LogP) is 4.12. The van der Waals surface area contributed by atoms with Gasteiger partial charge in [-0.15, -0.1) is 0 Å². The Morgan fingerprint density at radius 3 is 2.74 bits per heavy atom. The van der Waals surface area contributed by atoms with Crippen molar-refractivity contribution in [3.05, 3.63) is 34.4 Å². The van der Waals surface area contributed by atoms with E-state index in [9.17, 15) is 9.90 Å². The van der Waals surface area contributed by atoms with Crippen LogP contribution in [0, 0.1) is 0 Å². The number of rotatable bonds is 5. The van der Waals surface area contributed by atoms with Crippen LogP contribution in [-0.4, -0.2) is 38.5 Å². The number of aliphatic hydroxyl groups excluding tert-OH is 1. The number of hydrogen-bond donors (Lipinski definition) is 3. The van der Waals surface area contributed by atoms with Crippen molar-refractivity contribution in [3.8, 4) is 0 Å². The first kappa shape index (κ1) is 18.3. The van der Waals surface area contributed by atoms with E-state index in [0.717, 1.165) is 40.4 Å². The van der Waals surface area contributed by atoms with Crippen molar-refractivity contribution in [2.45, 2.75) is 37.8 Å². The molecule has 0 bridgehead atoms. The van der Waals surface area contributed by atoms with E-state index in [0.29, 0.717) is 28.9 Å². The number of fused-ring (bicyclic) bond motifs is 1. The van der Waals surface area contributed by atoms with Gasteiger partial charge in [0.2, 0.25) is 5.95 Å². The fourth-order valence-corrected chi connectivity index (χ4v) is 4.54. The second-order valence-corrected chi connectivity index (χ2v) is 8.47. The molecule has 1 saturated carbocycles. The fraction of sp³-hybridized carbons (Fsp3) is 0.333. The number of anilines is 3. The monoisotopic (exact) mass is 447 g/mol. The first-order valence-corrected chi connectivity index (χ1v) is 10.3. The third-order valence-electron chi connectivity index (χ3n) is 4.48. The van der Waals surface area contributed by atoms with Gasteiger partial charge in [-0.3, -0.25) is 4.79 Å². The molecule has 0 radical (unpaired) electrons. The molecule has 3 N–H and O–H groups in total. The first-order chi connectivity index (χ1) is 13.1. The minimum absolute atomic E-state index is 0.197. The van der Waals surface area contributed by atoms with E-state index < -0.39 is 0 Å². The highest BCUT2D eigenvalue weighted by Crippen LogP contribution is 2.30. The lowest BCUT2D eigenvalue weighted by molar-refractivity contribution is 0.111. The smallest absolute Gasteiger partial charge is 0.225 e. The summed E-state index contributed by atoms with van der Waals surface area (Å²) >= 11 is 4.98. The first-order valence-electron chi connectivity index (χ1n) is 8.71. The largest absolute Gasteiger partial charge is 0.393 e. The van der Waals surface area contributed by atoms with Crippen LogP contribution in [0.2, 0.25) is 0 Å². The SMILES string of the molecule is O=Cc1cc(Nc2nc3ccc(Br)cc3s2)nc(NC2CCC(O)CC2)n1. The van der Waals surface area contributed by atoms with Crippen LogP contribution < -0.4 is 10.6 Å². The molecule has 2 heterocycles. The molecule has 1 aromatic carbocycles. The Morgan fingerprint density at radius 2 is 1.96 bits per heavy atom. The van der Waals surface area contributed by atoms with E-state index in [1.54, 1.807) is 6.07 Å². The third kappa shape index (κ3) is 4.42. The molecular formula is C18H18BrN5O2S. The van der Waals surface area contributed by atoms with Crippen LogP contribution in [-0.2, 0) is 0 Å². The molecule has 0 unspecified atom stereocenters. The quantitative estimate of drug-likeness (QED) is 0.505. The highest BCUT2D eigenvalue weighted by Gasteiger charge is 2.20. The van der Waals surface area contributed by atoms with Crippen molar-refractivity contribution in [1.29, 1.82) is 0 Å². The number of nitrogens with one attached hydrogen (secondary N) is 2. The van der Waals surface area contributed by atoms with E-state index in [4.69, 9.17) is 0 Å². The zero-order valence-electron chi connectivity index (χ0n) is 14.4. The van der Waals surface area contributed by atoms with E-state index in [1.807, 2.05) is 18.2 Å². The fourth-order valence-electron chi connectivity index (χ4n) is 3.12. The van der Waals surface area contributed by atoms with Gasteiger partial charge in [-0.1, -0.05) is 27.3 Å². The van der Waals surface area contributed by atoms with Gasteiger partial charge in [0.15, 0.2) is 11.4 Å². The van der Waals surface area contributed by atoms with Gasteiger partial charge in [-0.2, -0.15) is 4.98 Å². The van der Waals surface area contributed by atoms with Crippen molar-refractivity contribution < 1.29 is 9.90 Å². The third-order valence-corrected chi connectivity index (χ3v) is 5.91. The standard InChI is InChI=1S/C18H18BrN5O2S/c19-10-1-6-14-15(7-10)27-18(22-14)24-16-8-12(9-25)21-17(23-16)20-11-2-4-13(26)5-3-11/h1,6-9,11,13,26H,2-5H2,(H2,20,21,22,23,24). The summed E-state index contributed by atoms with van der Waals surface area (Å²) in [6.45, 7) is 0. The summed E-state index contributed by atoms with van der Waals surface area (Å²) in [7, 11) is 0. The summed E-state index contributed by atoms with van der Waals surface area (Å²) in [5.74, 6) is 0.927. The van der Waals surface area contributed by atoms with Gasteiger partial charge < -0.3 is 15.7 Å². The van der Waals surface area contributed by atoms with Crippen LogP contribution in [0.25, 0.3) is 10.2 Å². The molecule has 0 atom stereocenters. The molecule has 140 valence electrons. The van der Waals surface area contributed by atoms with Crippen LogP contribution in [0.1, 0.15) is 36.2 Å². The molecule has 0 spiro atoms. The normalized spacial score (nSPS) is 19.8. The maximum atomic E-state index is 11.3. The number of carbonyl (C=O) groups excluding carboxylic acids is 1. The number of thiazole rings is 1. The van der Waals surface area contributed by atoms with Crippen molar-refractivity contribution in [3.63, 3.8) is 0 Å². The van der Waals surface area contributed by atoms with E-state index in [1.165, 1.54) is 11.3 Å². The molecule has 2 aromatic heterocycles. The highest BCUT2D eigenvalue weighted by molar-refractivity contribution is 9.10. The number of nitrogens with zero attached hydrogens (tertiary/aromatic N) is 3. The molecule has 27 heavy (non-hydrogen) atoms. The molecule has 0 saturated heterocycles. The van der Waals surface area contributed by atoms with Gasteiger partial charge in [-0.25, -0.2) is 9.97 Å². The molecule has 9 heteroatoms. The molecule has 1 aliphatic rings. The number of carbonyl (C=O) groups is 1. The van der Waals surface area contributed by atoms with Gasteiger partial charge in [0, 0.05) is 16.6 Å². The van der Waals surface area contributed by atoms with Gasteiger partial charge in [-0.05, 0) is 43.9 Å². The molecule has 0 aliphatic heterocycles. The summed E-state index contributed by atoms with van der Waals surface area (Å²) in [6.07, 6.45) is 3.71. The zero-order chi connectivity index (χ0) is 18.8. The Kier molecular flexibility index (Phi) is 5.33. The Labute approximate surface area is 168 Å². The molecule has 1 aliphatic carbocycles. The second-order valence-electron chi connectivity index (χ2n) is 6.53. The minimum atomic E-state index is -0.221. The van der Waals surface area contributed by atoms with Crippen LogP contribution >= 0.6 is 27.3 Å². The minimum Gasteiger partial charge on any atom is -0.393 e. The molecule has 3 aromatic rings. The van der Waals surface area contributed by atoms with Crippen LogP contribution in [0.15, 0.2) is 28.7 Å². The van der Waals surface area contributed by atoms with Gasteiger partial charge in [0.1, 0.15) is 11.5 Å². The summed E-state index contributed by atoms with van der Waals surface area (Å²) in [4.78, 5) is 24.6. The maximum absolute atomic E-state index is 11.3. The van der Waals surface area contributed by atoms with Crippen molar-refractivity contribution in [2.24, 2.45) is 0 Å². The van der Waals surface area contributed by atoms with Gasteiger partial charge >= 0.3 is 0 Å². The summed E-state index contributed by atoms with van der Waals surface area (Å²) in [5, 5.41) is 16.8. The van der Waals surface area contributed by atoms with Crippen LogP contribution in [0.3, 0.4) is 0 Å². The summed E-state index contributed by atoms with van der Waals surface area (Å²) in [5.41, 5.74) is 1.20. The van der Waals surface area contributed by atoms with Gasteiger partial charge in [0.05, 0.1) is 16.3 Å². The lowest BCUT2D eigenvalue weighted by atomic mass is 9.93. The summed E-state index contributed by atoms with van der Waals surface area (Å²) < 4.78 is 2.05. The Hall–Kier alpha value is -2.10. The van der Waals surface area contributed by atoms with Crippen LogP contribution in [0.5, 0.6) is 0 Å². The molecular weight excluding hydrogens is 430 g/mol.